The van der Waals surface area contributed by atoms with Crippen LogP contribution in [0.25, 0.3) is 0 Å². The van der Waals surface area contributed by atoms with Crippen molar-refractivity contribution in [3.05, 3.63) is 22.2 Å². The molecule has 0 saturated carbocycles. The average molecular weight is 300 g/mol. The van der Waals surface area contributed by atoms with E-state index in [-0.39, 0.29) is 12.6 Å². The molecule has 0 radical (unpaired) electrons. The minimum atomic E-state index is 0.0176. The molecule has 0 saturated heterocycles. The summed E-state index contributed by atoms with van der Waals surface area (Å²) < 4.78 is 11.8. The van der Waals surface area contributed by atoms with Crippen LogP contribution in [0.3, 0.4) is 0 Å². The minimum Gasteiger partial charge on any atom is -0.493 e. The molecule has 0 aliphatic carbocycles. The van der Waals surface area contributed by atoms with Crippen molar-refractivity contribution in [1.82, 2.24) is 0 Å². The van der Waals surface area contributed by atoms with Crippen LogP contribution < -0.4 is 9.47 Å². The highest BCUT2D eigenvalue weighted by atomic mass is 79.9. The van der Waals surface area contributed by atoms with Crippen molar-refractivity contribution in [2.45, 2.75) is 26.5 Å². The molecule has 0 atom stereocenters. The number of carbonyl (C=O) groups excluding carboxylic acids is 1. The van der Waals surface area contributed by atoms with Gasteiger partial charge in [0, 0.05) is 10.0 Å². The molecule has 0 N–H and O–H groups in total. The zero-order valence-corrected chi connectivity index (χ0v) is 11.6. The Morgan fingerprint density at radius 3 is 2.71 bits per heavy atom. The summed E-state index contributed by atoms with van der Waals surface area (Å²) in [6, 6.07) is 3.66. The Hall–Kier alpha value is -1.32. The normalized spacial score (nSPS) is 9.94. The van der Waals surface area contributed by atoms with Gasteiger partial charge in [-0.1, -0.05) is 15.9 Å². The zero-order chi connectivity index (χ0) is 12.8. The van der Waals surface area contributed by atoms with Crippen molar-refractivity contribution in [3.8, 4) is 11.5 Å². The van der Waals surface area contributed by atoms with E-state index in [0.717, 1.165) is 10.0 Å². The van der Waals surface area contributed by atoms with Gasteiger partial charge in [-0.25, -0.2) is 9.79 Å². The summed E-state index contributed by atoms with van der Waals surface area (Å²) in [6.45, 7) is 4.07. The highest BCUT2D eigenvalue weighted by molar-refractivity contribution is 9.10. The fourth-order valence-corrected chi connectivity index (χ4v) is 1.86. The lowest BCUT2D eigenvalue weighted by Gasteiger charge is -2.17. The summed E-state index contributed by atoms with van der Waals surface area (Å²) in [6.07, 6.45) is 1.53. The molecule has 0 heterocycles. The first-order valence-corrected chi connectivity index (χ1v) is 5.94. The summed E-state index contributed by atoms with van der Waals surface area (Å²) in [5, 5.41) is 0. The van der Waals surface area contributed by atoms with E-state index in [2.05, 4.69) is 20.9 Å². The topological polar surface area (TPSA) is 47.9 Å². The Kier molecular flexibility index (Phi) is 5.19. The predicted octanol–water partition coefficient (Wildman–Crippen LogP) is 3.08. The quantitative estimate of drug-likeness (QED) is 0.620. The molecule has 0 bridgehead atoms. The van der Waals surface area contributed by atoms with Crippen molar-refractivity contribution < 1.29 is 14.3 Å². The largest absolute Gasteiger partial charge is 0.493 e. The van der Waals surface area contributed by atoms with Gasteiger partial charge in [0.15, 0.2) is 11.5 Å². The van der Waals surface area contributed by atoms with Gasteiger partial charge in [-0.05, 0) is 26.0 Å². The molecule has 0 amide bonds. The first-order valence-electron chi connectivity index (χ1n) is 5.15. The second-order valence-corrected chi connectivity index (χ2v) is 4.59. The lowest BCUT2D eigenvalue weighted by molar-refractivity contribution is 0.227. The van der Waals surface area contributed by atoms with Crippen molar-refractivity contribution in [2.24, 2.45) is 4.99 Å². The number of aliphatic imine (C=N–C) groups is 1. The van der Waals surface area contributed by atoms with E-state index in [4.69, 9.17) is 9.47 Å². The smallest absolute Gasteiger partial charge is 0.235 e. The van der Waals surface area contributed by atoms with Crippen LogP contribution >= 0.6 is 15.9 Å². The highest BCUT2D eigenvalue weighted by Gasteiger charge is 2.13. The molecule has 0 unspecified atom stereocenters. The number of isocyanates is 1. The van der Waals surface area contributed by atoms with E-state index >= 15 is 0 Å². The van der Waals surface area contributed by atoms with Crippen LogP contribution in [0.15, 0.2) is 21.6 Å². The first-order chi connectivity index (χ1) is 8.08. The number of benzene rings is 1. The van der Waals surface area contributed by atoms with Crippen LogP contribution in [0.4, 0.5) is 0 Å². The average Bonchev–Trinajstić information content (AvgIpc) is 2.28. The number of ether oxygens (including phenoxy) is 2. The molecule has 0 aromatic heterocycles. The van der Waals surface area contributed by atoms with Gasteiger partial charge in [0.2, 0.25) is 6.08 Å². The molecule has 0 aliphatic rings. The van der Waals surface area contributed by atoms with E-state index in [1.807, 2.05) is 26.0 Å². The number of hydrogen-bond acceptors (Lipinski definition) is 4. The van der Waals surface area contributed by atoms with Crippen molar-refractivity contribution in [1.29, 1.82) is 0 Å². The third kappa shape index (κ3) is 3.88. The van der Waals surface area contributed by atoms with E-state index in [9.17, 15) is 4.79 Å². The molecular formula is C12H14BrNO3. The minimum absolute atomic E-state index is 0.0176. The van der Waals surface area contributed by atoms with Crippen molar-refractivity contribution in [3.63, 3.8) is 0 Å². The molecule has 92 valence electrons. The molecule has 0 aliphatic heterocycles. The summed E-state index contributed by atoms with van der Waals surface area (Å²) in [5.41, 5.74) is 0.785. The fraction of sp³-hybridized carbons (Fsp3) is 0.417. The maximum absolute atomic E-state index is 10.2. The van der Waals surface area contributed by atoms with Gasteiger partial charge in [-0.2, -0.15) is 0 Å². The van der Waals surface area contributed by atoms with Crippen LogP contribution in [0, 0.1) is 0 Å². The van der Waals surface area contributed by atoms with Crippen molar-refractivity contribution >= 4 is 22.0 Å². The van der Waals surface area contributed by atoms with Crippen LogP contribution in [-0.4, -0.2) is 19.3 Å². The summed E-state index contributed by atoms with van der Waals surface area (Å²) in [4.78, 5) is 13.7. The molecule has 1 rings (SSSR count). The second-order valence-electron chi connectivity index (χ2n) is 3.67. The van der Waals surface area contributed by atoms with Gasteiger partial charge in [0.1, 0.15) is 0 Å². The molecule has 1 aromatic rings. The van der Waals surface area contributed by atoms with E-state index in [1.165, 1.54) is 6.08 Å². The molecule has 4 nitrogen and oxygen atoms in total. The lowest BCUT2D eigenvalue weighted by atomic mass is 10.2. The monoisotopic (exact) mass is 299 g/mol. The Labute approximate surface area is 109 Å². The standard InChI is InChI=1S/C12H14BrNO3/c1-8(2)17-12-9(6-14-7-15)4-10(13)5-11(12)16-3/h4-5,8H,6H2,1-3H3. The maximum Gasteiger partial charge on any atom is 0.235 e. The van der Waals surface area contributed by atoms with Gasteiger partial charge >= 0.3 is 0 Å². The van der Waals surface area contributed by atoms with Crippen LogP contribution in [-0.2, 0) is 11.3 Å². The number of hydrogen-bond donors (Lipinski definition) is 0. The molecule has 1 aromatic carbocycles. The Morgan fingerprint density at radius 1 is 1.47 bits per heavy atom. The first kappa shape index (κ1) is 13.7. The number of nitrogens with zero attached hydrogens (tertiary/aromatic N) is 1. The lowest BCUT2D eigenvalue weighted by Crippen LogP contribution is -2.08. The van der Waals surface area contributed by atoms with E-state index in [0.29, 0.717) is 11.5 Å². The van der Waals surface area contributed by atoms with Gasteiger partial charge in [-0.15, -0.1) is 0 Å². The van der Waals surface area contributed by atoms with Gasteiger partial charge in [0.25, 0.3) is 0 Å². The van der Waals surface area contributed by atoms with Crippen molar-refractivity contribution in [2.75, 3.05) is 7.11 Å². The van der Waals surface area contributed by atoms with Gasteiger partial charge < -0.3 is 9.47 Å². The third-order valence-electron chi connectivity index (χ3n) is 1.98. The van der Waals surface area contributed by atoms with Gasteiger partial charge in [-0.3, -0.25) is 0 Å². The zero-order valence-electron chi connectivity index (χ0n) is 9.99. The van der Waals surface area contributed by atoms with Crippen LogP contribution in [0.5, 0.6) is 11.5 Å². The molecular weight excluding hydrogens is 286 g/mol. The summed E-state index contributed by atoms with van der Waals surface area (Å²) in [7, 11) is 1.57. The second kappa shape index (κ2) is 6.42. The maximum atomic E-state index is 10.2. The molecule has 5 heteroatoms. The SMILES string of the molecule is COc1cc(Br)cc(CN=C=O)c1OC(C)C. The number of methoxy groups -OCH3 is 1. The Bertz CT molecular complexity index is 440. The highest BCUT2D eigenvalue weighted by Crippen LogP contribution is 2.35. The molecule has 0 fully saturated rings. The van der Waals surface area contributed by atoms with Crippen LogP contribution in [0.2, 0.25) is 0 Å². The predicted molar refractivity (Wildman–Crippen MR) is 68.3 cm³/mol. The van der Waals surface area contributed by atoms with E-state index < -0.39 is 0 Å². The van der Waals surface area contributed by atoms with Gasteiger partial charge in [0.05, 0.1) is 19.8 Å². The summed E-state index contributed by atoms with van der Waals surface area (Å²) >= 11 is 3.37. The Balaban J connectivity index is 3.22. The summed E-state index contributed by atoms with van der Waals surface area (Å²) in [5.74, 6) is 1.23. The fourth-order valence-electron chi connectivity index (χ4n) is 1.38. The number of rotatable bonds is 5. The third-order valence-corrected chi connectivity index (χ3v) is 2.44. The van der Waals surface area contributed by atoms with Crippen LogP contribution in [0.1, 0.15) is 19.4 Å². The molecule has 17 heavy (non-hydrogen) atoms. The van der Waals surface area contributed by atoms with E-state index in [1.54, 1.807) is 7.11 Å². The Morgan fingerprint density at radius 2 is 2.18 bits per heavy atom. The number of halogens is 1. The molecule has 0 spiro atoms.